The molecule has 114 valence electrons. The molecule has 21 heavy (non-hydrogen) atoms. The molecule has 1 saturated carbocycles. The second-order valence-electron chi connectivity index (χ2n) is 5.52. The number of nitrogen functional groups attached to an aromatic ring is 1. The second-order valence-corrected chi connectivity index (χ2v) is 5.52. The van der Waals surface area contributed by atoms with Crippen LogP contribution in [0.15, 0.2) is 18.2 Å². The molecule has 1 aliphatic carbocycles. The van der Waals surface area contributed by atoms with E-state index in [1.54, 1.807) is 0 Å². The predicted molar refractivity (Wildman–Crippen MR) is 79.8 cm³/mol. The first-order chi connectivity index (χ1) is 10.0. The van der Waals surface area contributed by atoms with Gasteiger partial charge in [-0.3, -0.25) is 20.8 Å². The first-order valence-electron chi connectivity index (χ1n) is 7.04. The minimum Gasteiger partial charge on any atom is -0.351 e. The van der Waals surface area contributed by atoms with Crippen molar-refractivity contribution >= 4 is 17.3 Å². The number of hydrogen-bond donors (Lipinski definition) is 3. The quantitative estimate of drug-likeness (QED) is 0.423. The molecule has 0 bridgehead atoms. The van der Waals surface area contributed by atoms with E-state index in [-0.39, 0.29) is 28.3 Å². The van der Waals surface area contributed by atoms with Gasteiger partial charge in [0.15, 0.2) is 0 Å². The number of benzene rings is 1. The highest BCUT2D eigenvalue weighted by molar-refractivity contribution is 5.95. The van der Waals surface area contributed by atoms with Crippen molar-refractivity contribution in [1.82, 2.24) is 5.32 Å². The number of hydrazine groups is 1. The van der Waals surface area contributed by atoms with E-state index in [4.69, 9.17) is 5.84 Å². The van der Waals surface area contributed by atoms with Gasteiger partial charge in [-0.1, -0.05) is 13.3 Å². The van der Waals surface area contributed by atoms with Crippen LogP contribution < -0.4 is 16.6 Å². The summed E-state index contributed by atoms with van der Waals surface area (Å²) in [6, 6.07) is 4.20. The molecule has 1 aromatic rings. The highest BCUT2D eigenvalue weighted by Crippen LogP contribution is 2.43. The zero-order valence-electron chi connectivity index (χ0n) is 12.0. The standard InChI is InChI=1S/C14H20N4O3/c1-2-14(6-3-7-14)9-16-13(19)10-4-5-11(17-15)12(8-10)18(20)21/h4-5,8,17H,2-3,6-7,9,15H2,1H3,(H,16,19). The number of nitro groups is 1. The van der Waals surface area contributed by atoms with Gasteiger partial charge in [-0.2, -0.15) is 0 Å². The van der Waals surface area contributed by atoms with Crippen molar-refractivity contribution in [3.63, 3.8) is 0 Å². The van der Waals surface area contributed by atoms with Gasteiger partial charge in [0.25, 0.3) is 11.6 Å². The van der Waals surface area contributed by atoms with Crippen LogP contribution in [0.4, 0.5) is 11.4 Å². The Labute approximate surface area is 123 Å². The van der Waals surface area contributed by atoms with E-state index in [1.165, 1.54) is 24.6 Å². The fourth-order valence-corrected chi connectivity index (χ4v) is 2.65. The summed E-state index contributed by atoms with van der Waals surface area (Å²) in [6.45, 7) is 2.74. The molecule has 0 heterocycles. The number of nitrogens with zero attached hydrogens (tertiary/aromatic N) is 1. The highest BCUT2D eigenvalue weighted by atomic mass is 16.6. The molecule has 7 nitrogen and oxygen atoms in total. The summed E-state index contributed by atoms with van der Waals surface area (Å²) in [5.41, 5.74) is 2.70. The van der Waals surface area contributed by atoms with Crippen molar-refractivity contribution in [3.8, 4) is 0 Å². The summed E-state index contributed by atoms with van der Waals surface area (Å²) in [5.74, 6) is 4.93. The monoisotopic (exact) mass is 292 g/mol. The average Bonchev–Trinajstić information content (AvgIpc) is 2.45. The molecule has 4 N–H and O–H groups in total. The Morgan fingerprint density at radius 2 is 2.19 bits per heavy atom. The molecule has 0 aromatic heterocycles. The molecule has 0 spiro atoms. The molecule has 1 aliphatic rings. The van der Waals surface area contributed by atoms with Crippen LogP contribution >= 0.6 is 0 Å². The molecule has 7 heteroatoms. The van der Waals surface area contributed by atoms with E-state index in [9.17, 15) is 14.9 Å². The van der Waals surface area contributed by atoms with Crippen LogP contribution in [0.1, 0.15) is 43.0 Å². The summed E-state index contributed by atoms with van der Waals surface area (Å²) in [5, 5.41) is 13.8. The maximum Gasteiger partial charge on any atom is 0.294 e. The Morgan fingerprint density at radius 1 is 1.48 bits per heavy atom. The third-order valence-corrected chi connectivity index (χ3v) is 4.40. The lowest BCUT2D eigenvalue weighted by Gasteiger charge is -2.41. The van der Waals surface area contributed by atoms with Gasteiger partial charge in [-0.05, 0) is 36.8 Å². The number of amides is 1. The normalized spacial score (nSPS) is 15.9. The minimum atomic E-state index is -0.564. The minimum absolute atomic E-state index is 0.181. The number of nitro benzene ring substituents is 1. The van der Waals surface area contributed by atoms with Crippen molar-refractivity contribution in [3.05, 3.63) is 33.9 Å². The van der Waals surface area contributed by atoms with Crippen molar-refractivity contribution in [2.75, 3.05) is 12.0 Å². The molecule has 0 aliphatic heterocycles. The summed E-state index contributed by atoms with van der Waals surface area (Å²) >= 11 is 0. The van der Waals surface area contributed by atoms with Crippen LogP contribution in [0.25, 0.3) is 0 Å². The smallest absolute Gasteiger partial charge is 0.294 e. The summed E-state index contributed by atoms with van der Waals surface area (Å²) in [4.78, 5) is 22.5. The van der Waals surface area contributed by atoms with Gasteiger partial charge in [-0.25, -0.2) is 0 Å². The lowest BCUT2D eigenvalue weighted by Crippen LogP contribution is -2.41. The lowest BCUT2D eigenvalue weighted by atomic mass is 9.67. The van der Waals surface area contributed by atoms with Gasteiger partial charge in [0.1, 0.15) is 5.69 Å². The van der Waals surface area contributed by atoms with Crippen molar-refractivity contribution < 1.29 is 9.72 Å². The zero-order valence-corrected chi connectivity index (χ0v) is 12.0. The van der Waals surface area contributed by atoms with Crippen molar-refractivity contribution in [2.24, 2.45) is 11.3 Å². The molecular formula is C14H20N4O3. The summed E-state index contributed by atoms with van der Waals surface area (Å²) in [6.07, 6.45) is 4.48. The molecule has 0 saturated heterocycles. The van der Waals surface area contributed by atoms with Crippen LogP contribution in [0.3, 0.4) is 0 Å². The van der Waals surface area contributed by atoms with Gasteiger partial charge in [-0.15, -0.1) is 0 Å². The van der Waals surface area contributed by atoms with Crippen molar-refractivity contribution in [2.45, 2.75) is 32.6 Å². The van der Waals surface area contributed by atoms with E-state index in [0.717, 1.165) is 19.3 Å². The van der Waals surface area contributed by atoms with Crippen LogP contribution in [0.2, 0.25) is 0 Å². The number of rotatable bonds is 6. The maximum atomic E-state index is 12.1. The SMILES string of the molecule is CCC1(CNC(=O)c2ccc(NN)c([N+](=O)[O-])c2)CCC1. The van der Waals surface area contributed by atoms with Crippen LogP contribution in [0, 0.1) is 15.5 Å². The fraction of sp³-hybridized carbons (Fsp3) is 0.500. The van der Waals surface area contributed by atoms with Gasteiger partial charge in [0.2, 0.25) is 0 Å². The maximum absolute atomic E-state index is 12.1. The predicted octanol–water partition coefficient (Wildman–Crippen LogP) is 2.19. The molecule has 0 atom stereocenters. The molecule has 0 unspecified atom stereocenters. The van der Waals surface area contributed by atoms with E-state index in [1.807, 2.05) is 0 Å². The third-order valence-electron chi connectivity index (χ3n) is 4.40. The molecular weight excluding hydrogens is 272 g/mol. The number of carbonyl (C=O) groups excluding carboxylic acids is 1. The Balaban J connectivity index is 2.09. The highest BCUT2D eigenvalue weighted by Gasteiger charge is 2.35. The second kappa shape index (κ2) is 6.09. The molecule has 1 aromatic carbocycles. The average molecular weight is 292 g/mol. The summed E-state index contributed by atoms with van der Waals surface area (Å²) in [7, 11) is 0. The van der Waals surface area contributed by atoms with Crippen LogP contribution in [0.5, 0.6) is 0 Å². The number of anilines is 1. The zero-order chi connectivity index (χ0) is 15.5. The van der Waals surface area contributed by atoms with Crippen LogP contribution in [-0.2, 0) is 0 Å². The Morgan fingerprint density at radius 3 is 2.67 bits per heavy atom. The molecule has 1 amide bonds. The molecule has 2 rings (SSSR count). The first kappa shape index (κ1) is 15.2. The number of nitrogens with one attached hydrogen (secondary N) is 2. The third kappa shape index (κ3) is 3.13. The Kier molecular flexibility index (Phi) is 4.42. The topological polar surface area (TPSA) is 110 Å². The van der Waals surface area contributed by atoms with E-state index in [0.29, 0.717) is 6.54 Å². The van der Waals surface area contributed by atoms with E-state index >= 15 is 0 Å². The van der Waals surface area contributed by atoms with Gasteiger partial charge in [0, 0.05) is 18.2 Å². The first-order valence-corrected chi connectivity index (χ1v) is 7.04. The number of carbonyl (C=O) groups is 1. The van der Waals surface area contributed by atoms with Gasteiger partial charge < -0.3 is 10.7 Å². The molecule has 1 fully saturated rings. The van der Waals surface area contributed by atoms with Gasteiger partial charge >= 0.3 is 0 Å². The van der Waals surface area contributed by atoms with E-state index in [2.05, 4.69) is 17.7 Å². The lowest BCUT2D eigenvalue weighted by molar-refractivity contribution is -0.384. The largest absolute Gasteiger partial charge is 0.351 e. The number of nitrogens with two attached hydrogens (primary N) is 1. The Hall–Kier alpha value is -2.15. The summed E-state index contributed by atoms with van der Waals surface area (Å²) < 4.78 is 0. The van der Waals surface area contributed by atoms with Crippen LogP contribution in [-0.4, -0.2) is 17.4 Å². The van der Waals surface area contributed by atoms with Crippen molar-refractivity contribution in [1.29, 1.82) is 0 Å². The van der Waals surface area contributed by atoms with Gasteiger partial charge in [0.05, 0.1) is 4.92 Å². The Bertz CT molecular complexity index is 550. The number of hydrogen-bond acceptors (Lipinski definition) is 5. The fourth-order valence-electron chi connectivity index (χ4n) is 2.65. The molecule has 0 radical (unpaired) electrons. The van der Waals surface area contributed by atoms with E-state index < -0.39 is 4.92 Å².